The van der Waals surface area contributed by atoms with Crippen LogP contribution in [0.5, 0.6) is 0 Å². The molecule has 1 atom stereocenters. The predicted molar refractivity (Wildman–Crippen MR) is 144 cm³/mol. The molecular weight excluding hydrogens is 428 g/mol. The van der Waals surface area contributed by atoms with Crippen molar-refractivity contribution in [1.29, 1.82) is 5.26 Å². The monoisotopic (exact) mass is 468 g/mol. The fourth-order valence-electron chi connectivity index (χ4n) is 3.03. The molecule has 0 saturated carbocycles. The van der Waals surface area contributed by atoms with Crippen LogP contribution in [0.3, 0.4) is 0 Å². The summed E-state index contributed by atoms with van der Waals surface area (Å²) in [5, 5.41) is 12.1. The van der Waals surface area contributed by atoms with Gasteiger partial charge in [-0.15, -0.1) is 0 Å². The quantitative estimate of drug-likeness (QED) is 0.0894. The van der Waals surface area contributed by atoms with E-state index >= 15 is 0 Å². The summed E-state index contributed by atoms with van der Waals surface area (Å²) in [5.41, 5.74) is 11.6. The van der Waals surface area contributed by atoms with E-state index in [-0.39, 0.29) is 11.9 Å². The normalized spacial score (nSPS) is 13.3. The smallest absolute Gasteiger partial charge is 0.207 e. The second kappa shape index (κ2) is 16.8. The van der Waals surface area contributed by atoms with Crippen LogP contribution in [0.1, 0.15) is 66.7 Å². The molecule has 1 aromatic heterocycles. The summed E-state index contributed by atoms with van der Waals surface area (Å²) in [7, 11) is 0. The van der Waals surface area contributed by atoms with Gasteiger partial charge in [-0.05, 0) is 66.7 Å². The molecule has 1 aromatic rings. The van der Waals surface area contributed by atoms with Crippen molar-refractivity contribution in [2.75, 3.05) is 16.8 Å². The van der Waals surface area contributed by atoms with Crippen LogP contribution in [0, 0.1) is 11.5 Å². The number of anilines is 1. The van der Waals surface area contributed by atoms with Crippen LogP contribution in [-0.4, -0.2) is 33.4 Å². The average molecular weight is 469 g/mol. The fourth-order valence-corrected chi connectivity index (χ4v) is 4.01. The molecule has 0 radical (unpaired) electrons. The van der Waals surface area contributed by atoms with E-state index in [4.69, 9.17) is 11.0 Å². The molecule has 0 aromatic carbocycles. The third kappa shape index (κ3) is 14.1. The number of H-pyrrole nitrogens is 1. The Kier molecular flexibility index (Phi) is 14.5. The zero-order valence-corrected chi connectivity index (χ0v) is 21.6. The van der Waals surface area contributed by atoms with Crippen molar-refractivity contribution in [3.05, 3.63) is 59.0 Å². The summed E-state index contributed by atoms with van der Waals surface area (Å²) in [4.78, 5) is 10.9. The number of allylic oxidation sites excluding steroid dienone is 7. The largest absolute Gasteiger partial charge is 0.385 e. The van der Waals surface area contributed by atoms with E-state index in [2.05, 4.69) is 79.2 Å². The summed E-state index contributed by atoms with van der Waals surface area (Å²) in [5.74, 6) is 2.45. The lowest BCUT2D eigenvalue weighted by atomic mass is 10.0. The third-order valence-corrected chi connectivity index (χ3v) is 5.91. The van der Waals surface area contributed by atoms with Crippen LogP contribution in [0.25, 0.3) is 0 Å². The number of nitriles is 1. The standard InChI is InChI=1S/C26H40N6S/c1-20(2)8-6-9-22(5)10-7-11-23(13-12-21(3)4)14-17-33-18-24(25(28)31-19-27)32-26-29-15-16-30-26/h8,10,12,14-16,24H,6-7,9,11,13,17-18H2,1-5H3,(H2,28,31)(H2,29,30,32)/b22-10+,23-14-. The van der Waals surface area contributed by atoms with E-state index in [1.807, 2.05) is 0 Å². The van der Waals surface area contributed by atoms with Gasteiger partial charge in [0, 0.05) is 23.9 Å². The number of amidine groups is 1. The maximum atomic E-state index is 8.86. The highest BCUT2D eigenvalue weighted by molar-refractivity contribution is 7.99. The van der Waals surface area contributed by atoms with Gasteiger partial charge in [0.1, 0.15) is 5.84 Å². The van der Waals surface area contributed by atoms with E-state index < -0.39 is 0 Å². The summed E-state index contributed by atoms with van der Waals surface area (Å²) >= 11 is 1.76. The van der Waals surface area contributed by atoms with Crippen molar-refractivity contribution in [3.8, 4) is 6.19 Å². The minimum atomic E-state index is -0.262. The SMILES string of the molecule is CC(C)=CCC/C(C)=C/CC/C(=C/CSCC(Nc1ncc[nH]1)C(N)=NC#N)CC=C(C)C. The van der Waals surface area contributed by atoms with Gasteiger partial charge < -0.3 is 16.0 Å². The highest BCUT2D eigenvalue weighted by Crippen LogP contribution is 2.17. The molecule has 33 heavy (non-hydrogen) atoms. The van der Waals surface area contributed by atoms with Crippen molar-refractivity contribution >= 4 is 23.5 Å². The second-order valence-electron chi connectivity index (χ2n) is 8.57. The van der Waals surface area contributed by atoms with Crippen molar-refractivity contribution in [2.45, 2.75) is 72.8 Å². The number of hydrogen-bond donors (Lipinski definition) is 3. The van der Waals surface area contributed by atoms with Gasteiger partial charge in [0.15, 0.2) is 0 Å². The first kappa shape index (κ1) is 28.3. The van der Waals surface area contributed by atoms with Crippen molar-refractivity contribution in [2.24, 2.45) is 10.7 Å². The van der Waals surface area contributed by atoms with E-state index in [0.717, 1.165) is 37.9 Å². The van der Waals surface area contributed by atoms with Gasteiger partial charge >= 0.3 is 0 Å². The molecular formula is C26H40N6S. The van der Waals surface area contributed by atoms with Gasteiger partial charge in [-0.25, -0.2) is 4.98 Å². The Bertz CT molecular complexity index is 876. The Morgan fingerprint density at radius 1 is 1.15 bits per heavy atom. The van der Waals surface area contributed by atoms with Crippen LogP contribution >= 0.6 is 11.8 Å². The van der Waals surface area contributed by atoms with E-state index in [0.29, 0.717) is 11.7 Å². The molecule has 1 heterocycles. The molecule has 1 unspecified atom stereocenters. The van der Waals surface area contributed by atoms with Crippen LogP contribution in [0.15, 0.2) is 64.0 Å². The summed E-state index contributed by atoms with van der Waals surface area (Å²) < 4.78 is 0. The van der Waals surface area contributed by atoms with Gasteiger partial charge in [0.05, 0.1) is 6.04 Å². The Labute approximate surface area is 204 Å². The number of aromatic nitrogens is 2. The molecule has 0 amide bonds. The number of rotatable bonds is 15. The van der Waals surface area contributed by atoms with Gasteiger partial charge in [-0.1, -0.05) is 46.6 Å². The van der Waals surface area contributed by atoms with Crippen LogP contribution in [0.2, 0.25) is 0 Å². The molecule has 0 aliphatic rings. The Morgan fingerprint density at radius 3 is 2.52 bits per heavy atom. The molecule has 180 valence electrons. The van der Waals surface area contributed by atoms with Crippen molar-refractivity contribution < 1.29 is 0 Å². The number of aliphatic imine (C=N–C) groups is 1. The summed E-state index contributed by atoms with van der Waals surface area (Å²) in [6.07, 6.45) is 19.8. The highest BCUT2D eigenvalue weighted by atomic mass is 32.2. The van der Waals surface area contributed by atoms with Crippen molar-refractivity contribution in [1.82, 2.24) is 9.97 Å². The summed E-state index contributed by atoms with van der Waals surface area (Å²) in [6, 6.07) is -0.262. The van der Waals surface area contributed by atoms with E-state index in [1.165, 1.54) is 22.3 Å². The highest BCUT2D eigenvalue weighted by Gasteiger charge is 2.14. The molecule has 0 aliphatic carbocycles. The molecule has 0 bridgehead atoms. The van der Waals surface area contributed by atoms with Crippen LogP contribution in [0.4, 0.5) is 5.95 Å². The van der Waals surface area contributed by atoms with Gasteiger partial charge in [-0.3, -0.25) is 0 Å². The summed E-state index contributed by atoms with van der Waals surface area (Å²) in [6.45, 7) is 10.8. The molecule has 6 nitrogen and oxygen atoms in total. The van der Waals surface area contributed by atoms with Gasteiger partial charge in [0.2, 0.25) is 12.1 Å². The van der Waals surface area contributed by atoms with E-state index in [9.17, 15) is 0 Å². The molecule has 0 fully saturated rings. The second-order valence-corrected chi connectivity index (χ2v) is 9.64. The lowest BCUT2D eigenvalue weighted by molar-refractivity contribution is 0.899. The number of thioether (sulfide) groups is 1. The first-order chi connectivity index (χ1) is 15.8. The lowest BCUT2D eigenvalue weighted by Gasteiger charge is -2.16. The molecule has 0 saturated heterocycles. The van der Waals surface area contributed by atoms with Crippen LogP contribution in [-0.2, 0) is 0 Å². The van der Waals surface area contributed by atoms with E-state index in [1.54, 1.807) is 30.3 Å². The number of nitrogens with one attached hydrogen (secondary N) is 2. The number of nitrogens with zero attached hydrogens (tertiary/aromatic N) is 3. The maximum absolute atomic E-state index is 8.86. The third-order valence-electron chi connectivity index (χ3n) is 4.94. The zero-order chi connectivity index (χ0) is 24.5. The topological polar surface area (TPSA) is 103 Å². The Morgan fingerprint density at radius 2 is 1.88 bits per heavy atom. The molecule has 0 aliphatic heterocycles. The fraction of sp³-hybridized carbons (Fsp3) is 0.500. The maximum Gasteiger partial charge on any atom is 0.207 e. The molecule has 7 heteroatoms. The van der Waals surface area contributed by atoms with Crippen LogP contribution < -0.4 is 11.1 Å². The minimum absolute atomic E-state index is 0.262. The number of nitrogens with two attached hydrogens (primary N) is 1. The molecule has 1 rings (SSSR count). The molecule has 4 N–H and O–H groups in total. The number of aromatic amines is 1. The number of hydrogen-bond acceptors (Lipinski definition) is 5. The first-order valence-electron chi connectivity index (χ1n) is 11.5. The Balaban J connectivity index is 2.65. The van der Waals surface area contributed by atoms with Crippen molar-refractivity contribution in [3.63, 3.8) is 0 Å². The zero-order valence-electron chi connectivity index (χ0n) is 20.8. The van der Waals surface area contributed by atoms with Gasteiger partial charge in [-0.2, -0.15) is 22.0 Å². The Hall–Kier alpha value is -2.72. The molecule has 0 spiro atoms. The van der Waals surface area contributed by atoms with Gasteiger partial charge in [0.25, 0.3) is 0 Å². The minimum Gasteiger partial charge on any atom is -0.385 e. The first-order valence-corrected chi connectivity index (χ1v) is 12.6. The average Bonchev–Trinajstić information content (AvgIpc) is 3.26. The number of imidazole rings is 1. The lowest BCUT2D eigenvalue weighted by Crippen LogP contribution is -2.38. The predicted octanol–water partition coefficient (Wildman–Crippen LogP) is 6.52.